The van der Waals surface area contributed by atoms with Gasteiger partial charge in [-0.3, -0.25) is 4.79 Å². The van der Waals surface area contributed by atoms with Crippen LogP contribution in [0.4, 0.5) is 0 Å². The van der Waals surface area contributed by atoms with E-state index >= 15 is 0 Å². The molecule has 0 aliphatic rings. The fourth-order valence-corrected chi connectivity index (χ4v) is 4.18. The molecule has 3 nitrogen and oxygen atoms in total. The number of rotatable bonds is 3. The minimum Gasteiger partial charge on any atom is -0.267 e. The number of carbonyl (C=O) groups is 1. The second-order valence-corrected chi connectivity index (χ2v) is 7.76. The largest absolute Gasteiger partial charge is 0.272 e. The number of carbonyl (C=O) groups excluding carboxylic acids is 1. The maximum absolute atomic E-state index is 12.2. The number of hydrogen-bond donors (Lipinski definition) is 1. The third-order valence-electron chi connectivity index (χ3n) is 2.98. The standard InChI is InChI=1S/C15H11BrN2OS2/c1-9(12-6-7-14(16)21-12)17-18-15(19)11-8-20-13-5-3-2-4-10(11)13/h2-8H,1H3,(H,18,19)/b17-9+. The summed E-state index contributed by atoms with van der Waals surface area (Å²) in [5, 5.41) is 7.01. The molecule has 3 aromatic rings. The lowest BCUT2D eigenvalue weighted by atomic mass is 10.2. The van der Waals surface area contributed by atoms with Gasteiger partial charge >= 0.3 is 0 Å². The Morgan fingerprint density at radius 2 is 2.05 bits per heavy atom. The Labute approximate surface area is 138 Å². The molecule has 2 aromatic heterocycles. The molecule has 0 unspecified atom stereocenters. The lowest BCUT2D eigenvalue weighted by Gasteiger charge is -2.00. The summed E-state index contributed by atoms with van der Waals surface area (Å²) < 4.78 is 2.15. The summed E-state index contributed by atoms with van der Waals surface area (Å²) in [5.74, 6) is -0.178. The van der Waals surface area contributed by atoms with Gasteiger partial charge in [0.05, 0.1) is 19.9 Å². The number of hydrogen-bond acceptors (Lipinski definition) is 4. The highest BCUT2D eigenvalue weighted by Crippen LogP contribution is 2.25. The van der Waals surface area contributed by atoms with Gasteiger partial charge in [0.2, 0.25) is 0 Å². The number of benzene rings is 1. The molecule has 0 atom stereocenters. The highest BCUT2D eigenvalue weighted by molar-refractivity contribution is 9.11. The minimum atomic E-state index is -0.178. The van der Waals surface area contributed by atoms with Gasteiger partial charge in [-0.25, -0.2) is 5.43 Å². The first-order chi connectivity index (χ1) is 10.1. The molecule has 0 saturated heterocycles. The van der Waals surface area contributed by atoms with Crippen molar-refractivity contribution in [3.8, 4) is 0 Å². The molecule has 6 heteroatoms. The molecule has 0 spiro atoms. The smallest absolute Gasteiger partial charge is 0.267 e. The molecule has 106 valence electrons. The molecule has 0 fully saturated rings. The van der Waals surface area contributed by atoms with Crippen molar-refractivity contribution in [2.75, 3.05) is 0 Å². The Bertz CT molecular complexity index is 835. The Morgan fingerprint density at radius 1 is 1.24 bits per heavy atom. The van der Waals surface area contributed by atoms with E-state index in [1.807, 2.05) is 48.7 Å². The zero-order valence-corrected chi connectivity index (χ0v) is 14.3. The quantitative estimate of drug-likeness (QED) is 0.512. The summed E-state index contributed by atoms with van der Waals surface area (Å²) in [4.78, 5) is 13.3. The van der Waals surface area contributed by atoms with Gasteiger partial charge in [0.1, 0.15) is 0 Å². The van der Waals surface area contributed by atoms with Crippen LogP contribution in [0.3, 0.4) is 0 Å². The van der Waals surface area contributed by atoms with Gasteiger partial charge in [0.25, 0.3) is 5.91 Å². The molecule has 3 rings (SSSR count). The number of amides is 1. The maximum atomic E-state index is 12.2. The van der Waals surface area contributed by atoms with Crippen molar-refractivity contribution in [3.63, 3.8) is 0 Å². The van der Waals surface area contributed by atoms with Crippen LogP contribution >= 0.6 is 38.6 Å². The van der Waals surface area contributed by atoms with Crippen LogP contribution in [0, 0.1) is 0 Å². The number of fused-ring (bicyclic) bond motifs is 1. The Morgan fingerprint density at radius 3 is 2.81 bits per heavy atom. The first-order valence-electron chi connectivity index (χ1n) is 6.22. The molecule has 0 aliphatic heterocycles. The fraction of sp³-hybridized carbons (Fsp3) is 0.0667. The monoisotopic (exact) mass is 378 g/mol. The Kier molecular flexibility index (Phi) is 4.19. The van der Waals surface area contributed by atoms with Crippen LogP contribution in [0.1, 0.15) is 22.2 Å². The van der Waals surface area contributed by atoms with Crippen LogP contribution < -0.4 is 5.43 Å². The van der Waals surface area contributed by atoms with E-state index in [0.717, 1.165) is 24.5 Å². The van der Waals surface area contributed by atoms with Gasteiger partial charge in [-0.05, 0) is 41.1 Å². The van der Waals surface area contributed by atoms with Crippen molar-refractivity contribution < 1.29 is 4.79 Å². The summed E-state index contributed by atoms with van der Waals surface area (Å²) >= 11 is 6.56. The molecule has 0 bridgehead atoms. The highest BCUT2D eigenvalue weighted by atomic mass is 79.9. The van der Waals surface area contributed by atoms with Crippen molar-refractivity contribution in [1.82, 2.24) is 5.43 Å². The average molecular weight is 379 g/mol. The number of nitrogens with zero attached hydrogens (tertiary/aromatic N) is 1. The molecule has 1 amide bonds. The lowest BCUT2D eigenvalue weighted by Crippen LogP contribution is -2.18. The van der Waals surface area contributed by atoms with Gasteiger partial charge in [-0.2, -0.15) is 5.10 Å². The van der Waals surface area contributed by atoms with Crippen molar-refractivity contribution >= 4 is 60.3 Å². The van der Waals surface area contributed by atoms with Crippen LogP contribution in [-0.2, 0) is 0 Å². The predicted octanol–water partition coefficient (Wildman–Crippen LogP) is 4.88. The van der Waals surface area contributed by atoms with Gasteiger partial charge in [0.15, 0.2) is 0 Å². The van der Waals surface area contributed by atoms with E-state index in [-0.39, 0.29) is 5.91 Å². The van der Waals surface area contributed by atoms with Gasteiger partial charge in [0, 0.05) is 15.5 Å². The van der Waals surface area contributed by atoms with E-state index in [9.17, 15) is 4.79 Å². The van der Waals surface area contributed by atoms with E-state index < -0.39 is 0 Å². The summed E-state index contributed by atoms with van der Waals surface area (Å²) in [5.41, 5.74) is 4.09. The topological polar surface area (TPSA) is 41.5 Å². The first-order valence-corrected chi connectivity index (χ1v) is 8.70. The predicted molar refractivity (Wildman–Crippen MR) is 93.5 cm³/mol. The Balaban J connectivity index is 1.80. The zero-order chi connectivity index (χ0) is 14.8. The van der Waals surface area contributed by atoms with Gasteiger partial charge in [-0.1, -0.05) is 18.2 Å². The van der Waals surface area contributed by atoms with Crippen LogP contribution in [-0.4, -0.2) is 11.6 Å². The summed E-state index contributed by atoms with van der Waals surface area (Å²) in [6.45, 7) is 1.88. The molecule has 1 aromatic carbocycles. The van der Waals surface area contributed by atoms with Gasteiger partial charge < -0.3 is 0 Å². The SMILES string of the molecule is C/C(=N\NC(=O)c1csc2ccccc12)c1ccc(Br)s1. The molecule has 0 aliphatic carbocycles. The molecule has 21 heavy (non-hydrogen) atoms. The van der Waals surface area contributed by atoms with E-state index in [0.29, 0.717) is 5.56 Å². The molecular formula is C15H11BrN2OS2. The van der Waals surface area contributed by atoms with Crippen molar-refractivity contribution in [2.24, 2.45) is 5.10 Å². The number of hydrazone groups is 1. The molecule has 2 heterocycles. The Hall–Kier alpha value is -1.50. The molecule has 1 N–H and O–H groups in total. The third kappa shape index (κ3) is 3.07. The van der Waals surface area contributed by atoms with Crippen molar-refractivity contribution in [1.29, 1.82) is 0 Å². The zero-order valence-electron chi connectivity index (χ0n) is 11.1. The summed E-state index contributed by atoms with van der Waals surface area (Å²) in [6.07, 6.45) is 0. The summed E-state index contributed by atoms with van der Waals surface area (Å²) in [6, 6.07) is 11.8. The average Bonchev–Trinajstić information content (AvgIpc) is 3.10. The fourth-order valence-electron chi connectivity index (χ4n) is 1.91. The number of halogens is 1. The van der Waals surface area contributed by atoms with Crippen LogP contribution in [0.5, 0.6) is 0 Å². The van der Waals surface area contributed by atoms with Crippen LogP contribution in [0.2, 0.25) is 0 Å². The van der Waals surface area contributed by atoms with E-state index in [1.54, 1.807) is 22.7 Å². The van der Waals surface area contributed by atoms with Crippen molar-refractivity contribution in [3.05, 3.63) is 56.0 Å². The molecule has 0 saturated carbocycles. The second-order valence-electron chi connectivity index (χ2n) is 4.39. The van der Waals surface area contributed by atoms with E-state index in [4.69, 9.17) is 0 Å². The van der Waals surface area contributed by atoms with E-state index in [2.05, 4.69) is 26.5 Å². The molecule has 0 radical (unpaired) electrons. The first kappa shape index (κ1) is 14.4. The van der Waals surface area contributed by atoms with Gasteiger partial charge in [-0.15, -0.1) is 22.7 Å². The van der Waals surface area contributed by atoms with Crippen LogP contribution in [0.25, 0.3) is 10.1 Å². The lowest BCUT2D eigenvalue weighted by molar-refractivity contribution is 0.0957. The second kappa shape index (κ2) is 6.09. The summed E-state index contributed by atoms with van der Waals surface area (Å²) in [7, 11) is 0. The normalized spacial score (nSPS) is 11.8. The van der Waals surface area contributed by atoms with E-state index in [1.165, 1.54) is 0 Å². The number of nitrogens with one attached hydrogen (secondary N) is 1. The van der Waals surface area contributed by atoms with Crippen LogP contribution in [0.15, 0.2) is 50.7 Å². The molecular weight excluding hydrogens is 368 g/mol. The maximum Gasteiger partial charge on any atom is 0.272 e. The van der Waals surface area contributed by atoms with Crippen molar-refractivity contribution in [2.45, 2.75) is 6.92 Å². The number of thiophene rings is 2. The minimum absolute atomic E-state index is 0.178. The third-order valence-corrected chi connectivity index (χ3v) is 5.68. The highest BCUT2D eigenvalue weighted by Gasteiger charge is 2.11.